The summed E-state index contributed by atoms with van der Waals surface area (Å²) in [5.41, 5.74) is 6.16. The minimum absolute atomic E-state index is 0.406. The molecule has 234 valence electrons. The molecule has 2 aromatic heterocycles. The van der Waals surface area contributed by atoms with E-state index in [1.54, 1.807) is 25.7 Å². The number of nitrogens with zero attached hydrogens (tertiary/aromatic N) is 6. The van der Waals surface area contributed by atoms with E-state index in [9.17, 15) is 0 Å². The van der Waals surface area contributed by atoms with Crippen LogP contribution < -0.4 is 30.9 Å². The van der Waals surface area contributed by atoms with Crippen LogP contribution in [0.5, 0.6) is 5.75 Å². The van der Waals surface area contributed by atoms with Crippen molar-refractivity contribution >= 4 is 80.8 Å². The highest BCUT2D eigenvalue weighted by Crippen LogP contribution is 2.40. The maximum absolute atomic E-state index is 8.22. The first-order valence-electron chi connectivity index (χ1n) is 15.0. The van der Waals surface area contributed by atoms with Gasteiger partial charge in [0, 0.05) is 97.6 Å². The van der Waals surface area contributed by atoms with Gasteiger partial charge in [-0.3, -0.25) is 14.9 Å². The number of aromatic nitrogens is 4. The summed E-state index contributed by atoms with van der Waals surface area (Å²) < 4.78 is 6.64. The number of fused-ring (bicyclic) bond motifs is 2. The number of methoxy groups -OCH3 is 1. The Balaban J connectivity index is 1.35. The Kier molecular flexibility index (Phi) is 9.44. The van der Waals surface area contributed by atoms with Crippen LogP contribution in [0.3, 0.4) is 0 Å². The fourth-order valence-electron chi connectivity index (χ4n) is 6.23. The molecule has 0 bridgehead atoms. The molecule has 2 fully saturated rings. The van der Waals surface area contributed by atoms with Crippen LogP contribution in [0.1, 0.15) is 18.4 Å². The van der Waals surface area contributed by atoms with E-state index < -0.39 is 7.92 Å². The standard InChI is InChI=1S/C32H38BrN10OP/c1-35-17-20(16-34)22-14-26(28(44-2)15-27(22)43-13-12-42-11-5-6-21(42)19-43)40-32-38-18-23(33)31(41-32)39-25-8-7-24-29(30(25)45(3)4)37-10-9-36-24/h7-10,14-18,21,34-35H,5-6,11-13,19H2,1-4H3,(H2,38,39,40,41)/b20-17+,34-16?. The maximum Gasteiger partial charge on any atom is 0.229 e. The molecule has 2 aliphatic heterocycles. The Morgan fingerprint density at radius 3 is 2.71 bits per heavy atom. The minimum Gasteiger partial charge on any atom is -0.494 e. The number of piperazine rings is 1. The Morgan fingerprint density at radius 1 is 1.09 bits per heavy atom. The highest BCUT2D eigenvalue weighted by atomic mass is 79.9. The number of halogens is 1. The van der Waals surface area contributed by atoms with E-state index in [0.717, 1.165) is 63.0 Å². The van der Waals surface area contributed by atoms with Crippen molar-refractivity contribution in [1.82, 2.24) is 30.2 Å². The molecule has 0 saturated carbocycles. The van der Waals surface area contributed by atoms with Crippen LogP contribution in [-0.2, 0) is 0 Å². The zero-order valence-electron chi connectivity index (χ0n) is 25.9. The van der Waals surface area contributed by atoms with Gasteiger partial charge in [-0.2, -0.15) is 4.98 Å². The highest BCUT2D eigenvalue weighted by molar-refractivity contribution is 9.10. The van der Waals surface area contributed by atoms with E-state index in [2.05, 4.69) is 76.0 Å². The number of ether oxygens (including phenoxy) is 1. The summed E-state index contributed by atoms with van der Waals surface area (Å²) in [6.45, 7) is 8.51. The van der Waals surface area contributed by atoms with Crippen molar-refractivity contribution in [1.29, 1.82) is 5.41 Å². The van der Waals surface area contributed by atoms with Gasteiger partial charge >= 0.3 is 0 Å². The van der Waals surface area contributed by atoms with Crippen LogP contribution in [0, 0.1) is 5.41 Å². The number of benzene rings is 2. The third-order valence-electron chi connectivity index (χ3n) is 8.32. The molecule has 2 aromatic carbocycles. The van der Waals surface area contributed by atoms with Crippen molar-refractivity contribution in [2.24, 2.45) is 0 Å². The van der Waals surface area contributed by atoms with Gasteiger partial charge in [0.25, 0.3) is 0 Å². The Hall–Kier alpha value is -3.86. The molecule has 6 rings (SSSR count). The van der Waals surface area contributed by atoms with Gasteiger partial charge in [-0.05, 0) is 66.8 Å². The van der Waals surface area contributed by atoms with Crippen molar-refractivity contribution in [2.45, 2.75) is 18.9 Å². The Labute approximate surface area is 273 Å². The third-order valence-corrected chi connectivity index (χ3v) is 10.2. The quantitative estimate of drug-likeness (QED) is 0.125. The number of hydrogen-bond acceptors (Lipinski definition) is 11. The second-order valence-electron chi connectivity index (χ2n) is 11.3. The first-order chi connectivity index (χ1) is 21.9. The van der Waals surface area contributed by atoms with E-state index in [1.165, 1.54) is 25.6 Å². The summed E-state index contributed by atoms with van der Waals surface area (Å²) >= 11 is 3.63. The molecule has 0 amide bonds. The molecule has 13 heteroatoms. The molecule has 4 aromatic rings. The molecule has 2 aliphatic rings. The zero-order valence-corrected chi connectivity index (χ0v) is 28.4. The maximum atomic E-state index is 8.22. The first kappa shape index (κ1) is 31.1. The smallest absolute Gasteiger partial charge is 0.229 e. The van der Waals surface area contributed by atoms with Crippen LogP contribution in [0.2, 0.25) is 0 Å². The van der Waals surface area contributed by atoms with E-state index in [4.69, 9.17) is 15.1 Å². The molecule has 0 radical (unpaired) electrons. The minimum atomic E-state index is -0.494. The lowest BCUT2D eigenvalue weighted by Crippen LogP contribution is -2.50. The van der Waals surface area contributed by atoms with Crippen LogP contribution >= 0.6 is 23.9 Å². The molecule has 1 unspecified atom stereocenters. The van der Waals surface area contributed by atoms with Crippen molar-refractivity contribution in [3.8, 4) is 5.75 Å². The molecular formula is C32H38BrN10OP. The lowest BCUT2D eigenvalue weighted by atomic mass is 10.0. The Bertz CT molecular complexity index is 1750. The van der Waals surface area contributed by atoms with Gasteiger partial charge < -0.3 is 31.0 Å². The molecule has 4 N–H and O–H groups in total. The van der Waals surface area contributed by atoms with Gasteiger partial charge in [0.1, 0.15) is 11.6 Å². The predicted molar refractivity (Wildman–Crippen MR) is 190 cm³/mol. The van der Waals surface area contributed by atoms with Crippen LogP contribution in [0.15, 0.2) is 53.5 Å². The molecule has 4 heterocycles. The van der Waals surface area contributed by atoms with E-state index in [0.29, 0.717) is 29.2 Å². The van der Waals surface area contributed by atoms with Crippen molar-refractivity contribution in [3.05, 3.63) is 59.1 Å². The van der Waals surface area contributed by atoms with Gasteiger partial charge in [0.15, 0.2) is 0 Å². The summed E-state index contributed by atoms with van der Waals surface area (Å²) in [5.74, 6) is 1.70. The topological polar surface area (TPSA) is 127 Å². The average Bonchev–Trinajstić information content (AvgIpc) is 3.53. The molecule has 0 spiro atoms. The summed E-state index contributed by atoms with van der Waals surface area (Å²) in [7, 11) is 3.03. The third kappa shape index (κ3) is 6.45. The molecular weight excluding hydrogens is 651 g/mol. The van der Waals surface area contributed by atoms with Gasteiger partial charge in [-0.25, -0.2) is 4.98 Å². The van der Waals surface area contributed by atoms with E-state index in [1.807, 2.05) is 31.4 Å². The summed E-state index contributed by atoms with van der Waals surface area (Å²) in [4.78, 5) is 23.6. The van der Waals surface area contributed by atoms with E-state index >= 15 is 0 Å². The molecule has 0 aliphatic carbocycles. The average molecular weight is 690 g/mol. The number of allylic oxidation sites excluding steroid dienone is 1. The second kappa shape index (κ2) is 13.6. The van der Waals surface area contributed by atoms with E-state index in [-0.39, 0.29) is 0 Å². The Morgan fingerprint density at radius 2 is 1.93 bits per heavy atom. The molecule has 11 nitrogen and oxygen atoms in total. The van der Waals surface area contributed by atoms with Gasteiger partial charge in [-0.15, -0.1) is 0 Å². The normalized spacial score (nSPS) is 17.0. The largest absolute Gasteiger partial charge is 0.494 e. The fraction of sp³-hybridized carbons (Fsp3) is 0.344. The summed E-state index contributed by atoms with van der Waals surface area (Å²) in [5, 5.41) is 19.4. The van der Waals surface area contributed by atoms with Gasteiger partial charge in [-0.1, -0.05) is 7.92 Å². The summed E-state index contributed by atoms with van der Waals surface area (Å²) in [6.07, 6.45) is 10.9. The van der Waals surface area contributed by atoms with Crippen LogP contribution in [0.25, 0.3) is 16.6 Å². The van der Waals surface area contributed by atoms with Crippen molar-refractivity contribution < 1.29 is 4.74 Å². The monoisotopic (exact) mass is 688 g/mol. The SMILES string of the molecule is CN/C=C(\C=N)c1cc(Nc2ncc(Br)c(Nc3ccc4nccnc4c3P(C)C)n2)c(OC)cc1N1CCN2CCCC2C1. The van der Waals surface area contributed by atoms with Crippen LogP contribution in [0.4, 0.5) is 28.8 Å². The number of hydrogen-bond donors (Lipinski definition) is 4. The summed E-state index contributed by atoms with van der Waals surface area (Å²) in [6, 6.07) is 8.66. The second-order valence-corrected chi connectivity index (χ2v) is 14.4. The number of rotatable bonds is 10. The molecule has 45 heavy (non-hydrogen) atoms. The van der Waals surface area contributed by atoms with Gasteiger partial charge in [0.05, 0.1) is 28.3 Å². The molecule has 2 saturated heterocycles. The number of nitrogens with one attached hydrogen (secondary N) is 4. The first-order valence-corrected chi connectivity index (χ1v) is 18.0. The van der Waals surface area contributed by atoms with Crippen LogP contribution in [-0.4, -0.2) is 90.8 Å². The van der Waals surface area contributed by atoms with Crippen molar-refractivity contribution in [3.63, 3.8) is 0 Å². The molecule has 1 atom stereocenters. The highest BCUT2D eigenvalue weighted by Gasteiger charge is 2.32. The fourth-order valence-corrected chi connectivity index (χ4v) is 7.73. The lowest BCUT2D eigenvalue weighted by Gasteiger charge is -2.40. The predicted octanol–water partition coefficient (Wildman–Crippen LogP) is 5.54. The lowest BCUT2D eigenvalue weighted by molar-refractivity contribution is 0.231. The van der Waals surface area contributed by atoms with Crippen molar-refractivity contribution in [2.75, 3.05) is 69.2 Å². The van der Waals surface area contributed by atoms with Gasteiger partial charge in [0.2, 0.25) is 5.95 Å². The zero-order chi connectivity index (χ0) is 31.5. The number of anilines is 5.